The Morgan fingerprint density at radius 2 is 1.78 bits per heavy atom. The van der Waals surface area contributed by atoms with E-state index in [1.165, 1.54) is 0 Å². The molecule has 1 aromatic heterocycles. The Kier molecular flexibility index (Phi) is 5.54. The number of para-hydroxylation sites is 3. The van der Waals surface area contributed by atoms with Crippen molar-refractivity contribution < 1.29 is 9.59 Å². The lowest BCUT2D eigenvalue weighted by Crippen LogP contribution is -2.29. The molecule has 0 aliphatic carbocycles. The van der Waals surface area contributed by atoms with Crippen molar-refractivity contribution in [3.8, 4) is 0 Å². The van der Waals surface area contributed by atoms with Crippen LogP contribution in [0.3, 0.4) is 0 Å². The van der Waals surface area contributed by atoms with E-state index in [0.717, 1.165) is 22.3 Å². The number of hydrogen-bond donors (Lipinski definition) is 2. The van der Waals surface area contributed by atoms with Gasteiger partial charge in [-0.3, -0.25) is 9.59 Å². The number of benzene rings is 2. The number of nitrogens with one attached hydrogen (secondary N) is 2. The molecular formula is C21H24N4O2. The Morgan fingerprint density at radius 3 is 2.52 bits per heavy atom. The molecule has 2 amide bonds. The molecule has 0 saturated heterocycles. The number of fused-ring (bicyclic) bond motifs is 1. The molecule has 2 N–H and O–H groups in total. The minimum absolute atomic E-state index is 0.0435. The fourth-order valence-electron chi connectivity index (χ4n) is 2.85. The van der Waals surface area contributed by atoms with Gasteiger partial charge in [-0.05, 0) is 30.7 Å². The largest absolute Gasteiger partial charge is 0.349 e. The molecular weight excluding hydrogens is 340 g/mol. The van der Waals surface area contributed by atoms with Crippen molar-refractivity contribution in [2.24, 2.45) is 5.92 Å². The van der Waals surface area contributed by atoms with Crippen molar-refractivity contribution >= 4 is 28.5 Å². The van der Waals surface area contributed by atoms with Gasteiger partial charge in [-0.2, -0.15) is 0 Å². The van der Waals surface area contributed by atoms with E-state index >= 15 is 0 Å². The lowest BCUT2D eigenvalue weighted by Gasteiger charge is -2.12. The molecule has 3 rings (SSSR count). The normalized spacial score (nSPS) is 11.0. The predicted molar refractivity (Wildman–Crippen MR) is 106 cm³/mol. The minimum Gasteiger partial charge on any atom is -0.349 e. The quantitative estimate of drug-likeness (QED) is 0.705. The third-order valence-electron chi connectivity index (χ3n) is 4.40. The zero-order chi connectivity index (χ0) is 19.4. The summed E-state index contributed by atoms with van der Waals surface area (Å²) in [6.45, 7) is 6.04. The first kappa shape index (κ1) is 18.6. The van der Waals surface area contributed by atoms with Crippen LogP contribution in [0.1, 0.15) is 25.2 Å². The SMILES string of the molecule is Cc1ccccc1NC(=O)Cn1c(CNC(=O)C(C)C)nc2ccccc21. The lowest BCUT2D eigenvalue weighted by molar-refractivity contribution is -0.124. The summed E-state index contributed by atoms with van der Waals surface area (Å²) in [7, 11) is 0. The maximum absolute atomic E-state index is 12.6. The molecule has 0 saturated carbocycles. The summed E-state index contributed by atoms with van der Waals surface area (Å²) in [5.74, 6) is 0.374. The van der Waals surface area contributed by atoms with Gasteiger partial charge in [-0.25, -0.2) is 4.98 Å². The van der Waals surface area contributed by atoms with Gasteiger partial charge in [0.05, 0.1) is 17.6 Å². The van der Waals surface area contributed by atoms with Crippen LogP contribution in [0, 0.1) is 12.8 Å². The second-order valence-electron chi connectivity index (χ2n) is 6.84. The van der Waals surface area contributed by atoms with Crippen LogP contribution in [-0.4, -0.2) is 21.4 Å². The molecule has 0 aliphatic heterocycles. The van der Waals surface area contributed by atoms with Crippen LogP contribution in [0.4, 0.5) is 5.69 Å². The Hall–Kier alpha value is -3.15. The molecule has 27 heavy (non-hydrogen) atoms. The van der Waals surface area contributed by atoms with Gasteiger partial charge < -0.3 is 15.2 Å². The first-order valence-electron chi connectivity index (χ1n) is 9.03. The highest BCUT2D eigenvalue weighted by Crippen LogP contribution is 2.18. The minimum atomic E-state index is -0.135. The lowest BCUT2D eigenvalue weighted by atomic mass is 10.2. The zero-order valence-electron chi connectivity index (χ0n) is 15.8. The highest BCUT2D eigenvalue weighted by Gasteiger charge is 2.15. The van der Waals surface area contributed by atoms with Gasteiger partial charge in [0.1, 0.15) is 12.4 Å². The molecule has 0 fully saturated rings. The van der Waals surface area contributed by atoms with Crippen LogP contribution < -0.4 is 10.6 Å². The van der Waals surface area contributed by atoms with E-state index in [1.54, 1.807) is 0 Å². The van der Waals surface area contributed by atoms with E-state index in [-0.39, 0.29) is 30.8 Å². The average molecular weight is 364 g/mol. The number of hydrogen-bond acceptors (Lipinski definition) is 3. The molecule has 140 valence electrons. The second-order valence-corrected chi connectivity index (χ2v) is 6.84. The number of amides is 2. The summed E-state index contributed by atoms with van der Waals surface area (Å²) in [5, 5.41) is 5.83. The number of anilines is 1. The summed E-state index contributed by atoms with van der Waals surface area (Å²) < 4.78 is 1.85. The number of nitrogens with zero attached hydrogens (tertiary/aromatic N) is 2. The highest BCUT2D eigenvalue weighted by molar-refractivity contribution is 5.92. The smallest absolute Gasteiger partial charge is 0.244 e. The fourth-order valence-corrected chi connectivity index (χ4v) is 2.85. The molecule has 6 heteroatoms. The molecule has 1 heterocycles. The van der Waals surface area contributed by atoms with Crippen LogP contribution in [0.2, 0.25) is 0 Å². The number of carbonyl (C=O) groups excluding carboxylic acids is 2. The standard InChI is InChI=1S/C21H24N4O2/c1-14(2)21(27)22-12-19-23-17-10-6-7-11-18(17)25(19)13-20(26)24-16-9-5-4-8-15(16)3/h4-11,14H,12-13H2,1-3H3,(H,22,27)(H,24,26). The highest BCUT2D eigenvalue weighted by atomic mass is 16.2. The van der Waals surface area contributed by atoms with Crippen molar-refractivity contribution in [2.45, 2.75) is 33.9 Å². The summed E-state index contributed by atoms with van der Waals surface area (Å²) in [6.07, 6.45) is 0. The van der Waals surface area contributed by atoms with E-state index in [9.17, 15) is 9.59 Å². The molecule has 6 nitrogen and oxygen atoms in total. The van der Waals surface area contributed by atoms with E-state index in [2.05, 4.69) is 15.6 Å². The Morgan fingerprint density at radius 1 is 1.07 bits per heavy atom. The second kappa shape index (κ2) is 8.03. The van der Waals surface area contributed by atoms with E-state index in [4.69, 9.17) is 0 Å². The maximum Gasteiger partial charge on any atom is 0.244 e. The topological polar surface area (TPSA) is 76.0 Å². The van der Waals surface area contributed by atoms with E-state index < -0.39 is 0 Å². The van der Waals surface area contributed by atoms with Gasteiger partial charge in [0.25, 0.3) is 0 Å². The number of aromatic nitrogens is 2. The Labute approximate surface area is 158 Å². The van der Waals surface area contributed by atoms with Gasteiger partial charge in [-0.1, -0.05) is 44.2 Å². The number of rotatable bonds is 6. The van der Waals surface area contributed by atoms with Crippen LogP contribution in [0.5, 0.6) is 0 Å². The first-order chi connectivity index (χ1) is 13.0. The van der Waals surface area contributed by atoms with Gasteiger partial charge >= 0.3 is 0 Å². The average Bonchev–Trinajstić information content (AvgIpc) is 2.99. The summed E-state index contributed by atoms with van der Waals surface area (Å²) in [4.78, 5) is 29.1. The number of imidazole rings is 1. The van der Waals surface area contributed by atoms with Crippen molar-refractivity contribution in [1.82, 2.24) is 14.9 Å². The predicted octanol–water partition coefficient (Wildman–Crippen LogP) is 3.26. The monoisotopic (exact) mass is 364 g/mol. The van der Waals surface area contributed by atoms with E-state index in [1.807, 2.05) is 73.9 Å². The molecule has 0 atom stereocenters. The van der Waals surface area contributed by atoms with Crippen LogP contribution >= 0.6 is 0 Å². The maximum atomic E-state index is 12.6. The molecule has 0 unspecified atom stereocenters. The van der Waals surface area contributed by atoms with Crippen molar-refractivity contribution in [1.29, 1.82) is 0 Å². The van der Waals surface area contributed by atoms with Crippen molar-refractivity contribution in [2.75, 3.05) is 5.32 Å². The molecule has 0 radical (unpaired) electrons. The third kappa shape index (κ3) is 4.34. The zero-order valence-corrected chi connectivity index (χ0v) is 15.8. The molecule has 0 spiro atoms. The Bertz CT molecular complexity index is 975. The van der Waals surface area contributed by atoms with Crippen LogP contribution in [-0.2, 0) is 22.7 Å². The number of aryl methyl sites for hydroxylation is 1. The van der Waals surface area contributed by atoms with Crippen molar-refractivity contribution in [3.63, 3.8) is 0 Å². The van der Waals surface area contributed by atoms with Crippen LogP contribution in [0.15, 0.2) is 48.5 Å². The molecule has 2 aromatic carbocycles. The molecule has 3 aromatic rings. The van der Waals surface area contributed by atoms with Gasteiger partial charge in [0.2, 0.25) is 11.8 Å². The molecule has 0 bridgehead atoms. The third-order valence-corrected chi connectivity index (χ3v) is 4.40. The first-order valence-corrected chi connectivity index (χ1v) is 9.03. The summed E-state index contributed by atoms with van der Waals surface area (Å²) in [6, 6.07) is 15.3. The van der Waals surface area contributed by atoms with Gasteiger partial charge in [0, 0.05) is 11.6 Å². The van der Waals surface area contributed by atoms with Crippen molar-refractivity contribution in [3.05, 3.63) is 59.9 Å². The number of carbonyl (C=O) groups is 2. The Balaban J connectivity index is 1.83. The van der Waals surface area contributed by atoms with Gasteiger partial charge in [0.15, 0.2) is 0 Å². The fraction of sp³-hybridized carbons (Fsp3) is 0.286. The van der Waals surface area contributed by atoms with Gasteiger partial charge in [-0.15, -0.1) is 0 Å². The van der Waals surface area contributed by atoms with E-state index in [0.29, 0.717) is 5.82 Å². The van der Waals surface area contributed by atoms with Crippen LogP contribution in [0.25, 0.3) is 11.0 Å². The summed E-state index contributed by atoms with van der Waals surface area (Å²) in [5.41, 5.74) is 3.47. The molecule has 0 aliphatic rings. The summed E-state index contributed by atoms with van der Waals surface area (Å²) >= 11 is 0.